The van der Waals surface area contributed by atoms with Crippen LogP contribution in [0.3, 0.4) is 0 Å². The van der Waals surface area contributed by atoms with E-state index in [0.717, 1.165) is 11.3 Å². The number of aliphatic hydroxyl groups is 1. The average Bonchev–Trinajstić information content (AvgIpc) is 2.36. The van der Waals surface area contributed by atoms with Gasteiger partial charge in [0.1, 0.15) is 0 Å². The van der Waals surface area contributed by atoms with Crippen molar-refractivity contribution in [2.75, 3.05) is 25.0 Å². The normalized spacial score (nSPS) is 10.5. The van der Waals surface area contributed by atoms with E-state index in [9.17, 15) is 9.90 Å². The average molecular weight is 250 g/mol. The van der Waals surface area contributed by atoms with Crippen LogP contribution in [0.4, 0.5) is 5.69 Å². The second kappa shape index (κ2) is 7.01. The van der Waals surface area contributed by atoms with Gasteiger partial charge >= 0.3 is 0 Å². The van der Waals surface area contributed by atoms with Crippen molar-refractivity contribution in [1.82, 2.24) is 5.32 Å². The fourth-order valence-corrected chi connectivity index (χ4v) is 1.69. The van der Waals surface area contributed by atoms with E-state index >= 15 is 0 Å². The van der Waals surface area contributed by atoms with Gasteiger partial charge in [-0.1, -0.05) is 32.0 Å². The molecule has 0 atom stereocenters. The number of anilines is 1. The second-order valence-electron chi connectivity index (χ2n) is 4.84. The van der Waals surface area contributed by atoms with Crippen LogP contribution in [0, 0.1) is 5.92 Å². The van der Waals surface area contributed by atoms with Crippen LogP contribution in [0.2, 0.25) is 0 Å². The largest absolute Gasteiger partial charge is 0.392 e. The van der Waals surface area contributed by atoms with E-state index in [2.05, 4.69) is 19.2 Å². The monoisotopic (exact) mass is 250 g/mol. The third-order valence-electron chi connectivity index (χ3n) is 2.66. The molecule has 0 aliphatic rings. The fraction of sp³-hybridized carbons (Fsp3) is 0.500. The summed E-state index contributed by atoms with van der Waals surface area (Å²) in [4.78, 5) is 13.6. The molecule has 1 aromatic carbocycles. The lowest BCUT2D eigenvalue weighted by Gasteiger charge is -2.21. The van der Waals surface area contributed by atoms with Gasteiger partial charge in [-0.15, -0.1) is 0 Å². The molecule has 0 heterocycles. The summed E-state index contributed by atoms with van der Waals surface area (Å²) in [6.07, 6.45) is 0. The predicted molar refractivity (Wildman–Crippen MR) is 73.5 cm³/mol. The first-order valence-corrected chi connectivity index (χ1v) is 6.21. The number of hydrogen-bond acceptors (Lipinski definition) is 3. The smallest absolute Gasteiger partial charge is 0.239 e. The Kier molecular flexibility index (Phi) is 5.65. The number of rotatable bonds is 6. The van der Waals surface area contributed by atoms with Gasteiger partial charge in [-0.25, -0.2) is 0 Å². The molecule has 0 aliphatic heterocycles. The van der Waals surface area contributed by atoms with Gasteiger partial charge in [-0.2, -0.15) is 0 Å². The maximum atomic E-state index is 11.7. The number of hydrogen-bond donors (Lipinski definition) is 2. The lowest BCUT2D eigenvalue weighted by molar-refractivity contribution is -0.119. The minimum atomic E-state index is -0.0197. The van der Waals surface area contributed by atoms with Gasteiger partial charge in [0.05, 0.1) is 13.2 Å². The summed E-state index contributed by atoms with van der Waals surface area (Å²) in [5.41, 5.74) is 1.72. The number of carbonyl (C=O) groups is 1. The first-order valence-electron chi connectivity index (χ1n) is 6.21. The number of benzene rings is 1. The van der Waals surface area contributed by atoms with Crippen molar-refractivity contribution in [2.45, 2.75) is 20.5 Å². The quantitative estimate of drug-likeness (QED) is 0.802. The molecule has 0 bridgehead atoms. The molecule has 1 amide bonds. The predicted octanol–water partition coefficient (Wildman–Crippen LogP) is 1.39. The lowest BCUT2D eigenvalue weighted by atomic mass is 10.1. The summed E-state index contributed by atoms with van der Waals surface area (Å²) in [5.74, 6) is 0.447. The fourth-order valence-electron chi connectivity index (χ4n) is 1.69. The summed E-state index contributed by atoms with van der Waals surface area (Å²) in [6.45, 7) is 5.09. The Morgan fingerprint density at radius 3 is 2.67 bits per heavy atom. The summed E-state index contributed by atoms with van der Waals surface area (Å²) < 4.78 is 0. The van der Waals surface area contributed by atoms with Crippen LogP contribution in [-0.4, -0.2) is 31.2 Å². The molecule has 0 fully saturated rings. The van der Waals surface area contributed by atoms with Crippen LogP contribution in [0.1, 0.15) is 19.4 Å². The SMILES string of the molecule is CC(C)CNC(=O)CN(C)c1ccccc1CO. The standard InChI is InChI=1S/C14H22N2O2/c1-11(2)8-15-14(18)9-16(3)13-7-5-4-6-12(13)10-17/h4-7,11,17H,8-10H2,1-3H3,(H,15,18). The Hall–Kier alpha value is -1.55. The second-order valence-corrected chi connectivity index (χ2v) is 4.84. The molecule has 4 heteroatoms. The van der Waals surface area contributed by atoms with Gasteiger partial charge in [-0.3, -0.25) is 4.79 Å². The highest BCUT2D eigenvalue weighted by atomic mass is 16.3. The molecule has 4 nitrogen and oxygen atoms in total. The lowest BCUT2D eigenvalue weighted by Crippen LogP contribution is -2.37. The van der Waals surface area contributed by atoms with E-state index in [1.807, 2.05) is 36.2 Å². The molecule has 0 radical (unpaired) electrons. The summed E-state index contributed by atoms with van der Waals surface area (Å²) in [6, 6.07) is 7.54. The van der Waals surface area contributed by atoms with E-state index in [-0.39, 0.29) is 12.5 Å². The molecular weight excluding hydrogens is 228 g/mol. The molecule has 0 aromatic heterocycles. The van der Waals surface area contributed by atoms with Gasteiger partial charge in [0.25, 0.3) is 0 Å². The highest BCUT2D eigenvalue weighted by Gasteiger charge is 2.10. The zero-order valence-electron chi connectivity index (χ0n) is 11.3. The van der Waals surface area contributed by atoms with E-state index in [0.29, 0.717) is 19.0 Å². The van der Waals surface area contributed by atoms with Crippen molar-refractivity contribution in [2.24, 2.45) is 5.92 Å². The van der Waals surface area contributed by atoms with E-state index in [1.165, 1.54) is 0 Å². The van der Waals surface area contributed by atoms with E-state index in [4.69, 9.17) is 0 Å². The highest BCUT2D eigenvalue weighted by Crippen LogP contribution is 2.18. The van der Waals surface area contributed by atoms with Crippen LogP contribution in [0.25, 0.3) is 0 Å². The minimum Gasteiger partial charge on any atom is -0.392 e. The van der Waals surface area contributed by atoms with Gasteiger partial charge < -0.3 is 15.3 Å². The number of aliphatic hydroxyl groups excluding tert-OH is 1. The molecule has 1 rings (SSSR count). The van der Waals surface area contributed by atoms with Crippen LogP contribution in [0.15, 0.2) is 24.3 Å². The number of likely N-dealkylation sites (N-methyl/N-ethyl adjacent to an activating group) is 1. The van der Waals surface area contributed by atoms with Gasteiger partial charge in [0.2, 0.25) is 5.91 Å². The Labute approximate surface area is 109 Å². The zero-order chi connectivity index (χ0) is 13.5. The maximum Gasteiger partial charge on any atom is 0.239 e. The van der Waals surface area contributed by atoms with Crippen molar-refractivity contribution in [3.8, 4) is 0 Å². The minimum absolute atomic E-state index is 0.000979. The Morgan fingerprint density at radius 2 is 2.06 bits per heavy atom. The summed E-state index contributed by atoms with van der Waals surface area (Å²) in [5, 5.41) is 12.1. The van der Waals surface area contributed by atoms with Crippen molar-refractivity contribution >= 4 is 11.6 Å². The van der Waals surface area contributed by atoms with Crippen LogP contribution in [-0.2, 0) is 11.4 Å². The number of nitrogens with one attached hydrogen (secondary N) is 1. The van der Waals surface area contributed by atoms with Crippen molar-refractivity contribution in [3.05, 3.63) is 29.8 Å². The van der Waals surface area contributed by atoms with Crippen LogP contribution < -0.4 is 10.2 Å². The molecule has 0 aliphatic carbocycles. The molecule has 0 saturated carbocycles. The molecule has 0 unspecified atom stereocenters. The summed E-state index contributed by atoms with van der Waals surface area (Å²) in [7, 11) is 1.85. The molecule has 0 spiro atoms. The number of carbonyl (C=O) groups excluding carboxylic acids is 1. The first-order chi connectivity index (χ1) is 8.54. The molecule has 0 saturated heterocycles. The van der Waals surface area contributed by atoms with Crippen LogP contribution in [0.5, 0.6) is 0 Å². The molecule has 18 heavy (non-hydrogen) atoms. The molecule has 100 valence electrons. The molecule has 2 N–H and O–H groups in total. The van der Waals surface area contributed by atoms with Crippen molar-refractivity contribution in [3.63, 3.8) is 0 Å². The van der Waals surface area contributed by atoms with E-state index in [1.54, 1.807) is 0 Å². The number of para-hydroxylation sites is 1. The third kappa shape index (κ3) is 4.37. The molecule has 1 aromatic rings. The van der Waals surface area contributed by atoms with Gasteiger partial charge in [0.15, 0.2) is 0 Å². The van der Waals surface area contributed by atoms with Gasteiger partial charge in [-0.05, 0) is 12.0 Å². The third-order valence-corrected chi connectivity index (χ3v) is 2.66. The maximum absolute atomic E-state index is 11.7. The van der Waals surface area contributed by atoms with Crippen LogP contribution >= 0.6 is 0 Å². The zero-order valence-corrected chi connectivity index (χ0v) is 11.3. The first kappa shape index (κ1) is 14.5. The van der Waals surface area contributed by atoms with Crippen molar-refractivity contribution < 1.29 is 9.90 Å². The van der Waals surface area contributed by atoms with Crippen molar-refractivity contribution in [1.29, 1.82) is 0 Å². The number of nitrogens with zero attached hydrogens (tertiary/aromatic N) is 1. The Morgan fingerprint density at radius 1 is 1.39 bits per heavy atom. The Bertz CT molecular complexity index is 391. The number of amides is 1. The molecular formula is C14H22N2O2. The Balaban J connectivity index is 2.59. The van der Waals surface area contributed by atoms with E-state index < -0.39 is 0 Å². The van der Waals surface area contributed by atoms with Gasteiger partial charge in [0, 0.05) is 24.8 Å². The topological polar surface area (TPSA) is 52.6 Å². The summed E-state index contributed by atoms with van der Waals surface area (Å²) >= 11 is 0. The highest BCUT2D eigenvalue weighted by molar-refractivity contribution is 5.81.